The van der Waals surface area contributed by atoms with Gasteiger partial charge in [-0.2, -0.15) is 5.10 Å². The summed E-state index contributed by atoms with van der Waals surface area (Å²) in [6.07, 6.45) is 2.69. The van der Waals surface area contributed by atoms with Crippen LogP contribution in [0, 0.1) is 11.8 Å². The molecule has 0 bridgehead atoms. The molecule has 0 atom stereocenters. The Morgan fingerprint density at radius 3 is 2.58 bits per heavy atom. The zero-order chi connectivity index (χ0) is 14.3. The Balaban J connectivity index is 2.63. The Morgan fingerprint density at radius 2 is 2.00 bits per heavy atom. The smallest absolute Gasteiger partial charge is 0.141 e. The van der Waals surface area contributed by atoms with E-state index in [1.165, 1.54) is 0 Å². The van der Waals surface area contributed by atoms with Gasteiger partial charge in [-0.1, -0.05) is 27.7 Å². The highest BCUT2D eigenvalue weighted by molar-refractivity contribution is 4.85. The van der Waals surface area contributed by atoms with Crippen LogP contribution in [-0.2, 0) is 13.1 Å². The van der Waals surface area contributed by atoms with Crippen molar-refractivity contribution in [3.63, 3.8) is 0 Å². The molecule has 19 heavy (non-hydrogen) atoms. The van der Waals surface area contributed by atoms with Crippen LogP contribution < -0.4 is 5.73 Å². The van der Waals surface area contributed by atoms with Crippen molar-refractivity contribution in [1.29, 1.82) is 0 Å². The van der Waals surface area contributed by atoms with Crippen molar-refractivity contribution in [2.45, 2.75) is 47.2 Å². The second-order valence-corrected chi connectivity index (χ2v) is 6.02. The summed E-state index contributed by atoms with van der Waals surface area (Å²) < 4.78 is 2.03. The molecule has 0 aromatic carbocycles. The minimum atomic E-state index is 0.586. The predicted molar refractivity (Wildman–Crippen MR) is 78.6 cm³/mol. The van der Waals surface area contributed by atoms with Crippen LogP contribution in [0.2, 0.25) is 0 Å². The SMILES string of the molecule is CC(C)CN(CCCN)Cc1ncnn1CC(C)C. The topological polar surface area (TPSA) is 60.0 Å². The van der Waals surface area contributed by atoms with Crippen LogP contribution in [0.3, 0.4) is 0 Å². The van der Waals surface area contributed by atoms with Gasteiger partial charge in [0.25, 0.3) is 0 Å². The van der Waals surface area contributed by atoms with Crippen LogP contribution in [0.4, 0.5) is 0 Å². The predicted octanol–water partition coefficient (Wildman–Crippen LogP) is 1.74. The maximum atomic E-state index is 5.62. The second-order valence-electron chi connectivity index (χ2n) is 6.02. The third-order valence-electron chi connectivity index (χ3n) is 2.90. The molecule has 0 spiro atoms. The molecule has 1 heterocycles. The Hall–Kier alpha value is -0.940. The van der Waals surface area contributed by atoms with Crippen LogP contribution in [-0.4, -0.2) is 39.3 Å². The lowest BCUT2D eigenvalue weighted by Gasteiger charge is -2.24. The number of hydrogen-bond acceptors (Lipinski definition) is 4. The molecule has 0 fully saturated rings. The summed E-state index contributed by atoms with van der Waals surface area (Å²) in [7, 11) is 0. The standard InChI is InChI=1S/C14H29N5/c1-12(2)8-18(7-5-6-15)10-14-16-11-17-19(14)9-13(3)4/h11-13H,5-10,15H2,1-4H3. The lowest BCUT2D eigenvalue weighted by Crippen LogP contribution is -2.31. The summed E-state index contributed by atoms with van der Waals surface area (Å²) in [5.74, 6) is 2.30. The van der Waals surface area contributed by atoms with Gasteiger partial charge in [0.15, 0.2) is 0 Å². The molecule has 5 heteroatoms. The van der Waals surface area contributed by atoms with Gasteiger partial charge in [-0.05, 0) is 31.3 Å². The zero-order valence-electron chi connectivity index (χ0n) is 12.8. The van der Waals surface area contributed by atoms with Crippen molar-refractivity contribution in [2.75, 3.05) is 19.6 Å². The molecule has 1 rings (SSSR count). The molecular weight excluding hydrogens is 238 g/mol. The zero-order valence-corrected chi connectivity index (χ0v) is 12.8. The highest BCUT2D eigenvalue weighted by Gasteiger charge is 2.12. The van der Waals surface area contributed by atoms with Crippen molar-refractivity contribution < 1.29 is 0 Å². The third-order valence-corrected chi connectivity index (χ3v) is 2.90. The molecule has 0 amide bonds. The van der Waals surface area contributed by atoms with Crippen molar-refractivity contribution in [3.05, 3.63) is 12.2 Å². The van der Waals surface area contributed by atoms with Crippen molar-refractivity contribution in [2.24, 2.45) is 17.6 Å². The van der Waals surface area contributed by atoms with Gasteiger partial charge >= 0.3 is 0 Å². The average Bonchev–Trinajstić information content (AvgIpc) is 2.72. The largest absolute Gasteiger partial charge is 0.330 e. The average molecular weight is 267 g/mol. The van der Waals surface area contributed by atoms with E-state index in [1.54, 1.807) is 6.33 Å². The van der Waals surface area contributed by atoms with Gasteiger partial charge in [-0.25, -0.2) is 9.67 Å². The van der Waals surface area contributed by atoms with Crippen LogP contribution >= 0.6 is 0 Å². The summed E-state index contributed by atoms with van der Waals surface area (Å²) in [4.78, 5) is 6.83. The number of nitrogens with zero attached hydrogens (tertiary/aromatic N) is 4. The summed E-state index contributed by atoms with van der Waals surface area (Å²) in [6.45, 7) is 13.5. The molecule has 5 nitrogen and oxygen atoms in total. The molecule has 1 aromatic heterocycles. The van der Waals surface area contributed by atoms with Gasteiger partial charge in [-0.3, -0.25) is 4.90 Å². The van der Waals surface area contributed by atoms with Gasteiger partial charge < -0.3 is 5.73 Å². The molecular formula is C14H29N5. The van der Waals surface area contributed by atoms with E-state index < -0.39 is 0 Å². The summed E-state index contributed by atoms with van der Waals surface area (Å²) in [6, 6.07) is 0. The molecule has 0 saturated heterocycles. The fraction of sp³-hybridized carbons (Fsp3) is 0.857. The molecule has 0 radical (unpaired) electrons. The van der Waals surface area contributed by atoms with E-state index in [0.717, 1.165) is 45.0 Å². The normalized spacial score (nSPS) is 12.0. The van der Waals surface area contributed by atoms with Crippen molar-refractivity contribution >= 4 is 0 Å². The first-order valence-corrected chi connectivity index (χ1v) is 7.32. The van der Waals surface area contributed by atoms with E-state index in [-0.39, 0.29) is 0 Å². The van der Waals surface area contributed by atoms with E-state index in [4.69, 9.17) is 5.73 Å². The quantitative estimate of drug-likeness (QED) is 0.740. The van der Waals surface area contributed by atoms with E-state index in [9.17, 15) is 0 Å². The van der Waals surface area contributed by atoms with E-state index in [0.29, 0.717) is 11.8 Å². The van der Waals surface area contributed by atoms with E-state index in [2.05, 4.69) is 42.7 Å². The van der Waals surface area contributed by atoms with Gasteiger partial charge in [0, 0.05) is 13.1 Å². The maximum Gasteiger partial charge on any atom is 0.141 e. The van der Waals surface area contributed by atoms with Crippen LogP contribution in [0.25, 0.3) is 0 Å². The molecule has 2 N–H and O–H groups in total. The highest BCUT2D eigenvalue weighted by Crippen LogP contribution is 2.07. The fourth-order valence-electron chi connectivity index (χ4n) is 2.18. The first-order chi connectivity index (χ1) is 9.02. The van der Waals surface area contributed by atoms with Gasteiger partial charge in [-0.15, -0.1) is 0 Å². The number of rotatable bonds is 9. The fourth-order valence-corrected chi connectivity index (χ4v) is 2.18. The highest BCUT2D eigenvalue weighted by atomic mass is 15.3. The first-order valence-electron chi connectivity index (χ1n) is 7.32. The Labute approximate surface area is 117 Å². The third kappa shape index (κ3) is 6.16. The summed E-state index contributed by atoms with van der Waals surface area (Å²) in [5, 5.41) is 4.32. The molecule has 0 aliphatic rings. The van der Waals surface area contributed by atoms with Crippen LogP contribution in [0.5, 0.6) is 0 Å². The van der Waals surface area contributed by atoms with E-state index >= 15 is 0 Å². The Bertz CT molecular complexity index is 345. The van der Waals surface area contributed by atoms with Crippen molar-refractivity contribution in [1.82, 2.24) is 19.7 Å². The summed E-state index contributed by atoms with van der Waals surface area (Å²) in [5.41, 5.74) is 5.62. The maximum absolute atomic E-state index is 5.62. The monoisotopic (exact) mass is 267 g/mol. The van der Waals surface area contributed by atoms with Crippen LogP contribution in [0.15, 0.2) is 6.33 Å². The summed E-state index contributed by atoms with van der Waals surface area (Å²) >= 11 is 0. The first kappa shape index (κ1) is 16.1. The molecule has 0 saturated carbocycles. The van der Waals surface area contributed by atoms with E-state index in [1.807, 2.05) is 4.68 Å². The molecule has 0 aliphatic carbocycles. The number of nitrogens with two attached hydrogens (primary N) is 1. The lowest BCUT2D eigenvalue weighted by atomic mass is 10.2. The lowest BCUT2D eigenvalue weighted by molar-refractivity contribution is 0.224. The number of hydrogen-bond donors (Lipinski definition) is 1. The Kier molecular flexibility index (Phi) is 7.02. The van der Waals surface area contributed by atoms with Gasteiger partial charge in [0.05, 0.1) is 6.54 Å². The minimum absolute atomic E-state index is 0.586. The van der Waals surface area contributed by atoms with Crippen molar-refractivity contribution in [3.8, 4) is 0 Å². The minimum Gasteiger partial charge on any atom is -0.330 e. The molecule has 110 valence electrons. The second kappa shape index (κ2) is 8.27. The molecule has 0 unspecified atom stereocenters. The number of aromatic nitrogens is 3. The molecule has 1 aromatic rings. The Morgan fingerprint density at radius 1 is 1.26 bits per heavy atom. The van der Waals surface area contributed by atoms with Gasteiger partial charge in [0.1, 0.15) is 12.2 Å². The van der Waals surface area contributed by atoms with Crippen LogP contribution in [0.1, 0.15) is 39.9 Å². The molecule has 0 aliphatic heterocycles. The van der Waals surface area contributed by atoms with Gasteiger partial charge in [0.2, 0.25) is 0 Å².